The molecule has 0 fully saturated rings. The summed E-state index contributed by atoms with van der Waals surface area (Å²) in [6, 6.07) is 16.5. The largest absolute Gasteiger partial charge is 0.368 e. The molecule has 3 amide bonds. The molecule has 0 saturated heterocycles. The van der Waals surface area contributed by atoms with E-state index in [0.717, 1.165) is 16.7 Å². The first-order valence-corrected chi connectivity index (χ1v) is 9.26. The number of carbonyl (C=O) groups excluding carboxylic acids is 3. The number of carbonyl (C=O) groups is 3. The van der Waals surface area contributed by atoms with Crippen LogP contribution in [-0.4, -0.2) is 29.0 Å². The molecule has 0 radical (unpaired) electrons. The van der Waals surface area contributed by atoms with Gasteiger partial charge in [-0.3, -0.25) is 14.4 Å². The fraction of sp³-hybridized carbons (Fsp3) is 0.273. The number of aliphatic imine (C=N–C) groups is 1. The zero-order valence-electron chi connectivity index (χ0n) is 16.6. The van der Waals surface area contributed by atoms with Gasteiger partial charge in [-0.25, -0.2) is 4.99 Å². The van der Waals surface area contributed by atoms with Crippen molar-refractivity contribution in [3.05, 3.63) is 71.3 Å². The number of primary amides is 1. The molecule has 0 heterocycles. The molecule has 0 saturated carbocycles. The third-order valence-corrected chi connectivity index (χ3v) is 4.39. The highest BCUT2D eigenvalue weighted by atomic mass is 16.2. The number of hydrogen-bond acceptors (Lipinski definition) is 4. The minimum atomic E-state index is -1.27. The van der Waals surface area contributed by atoms with E-state index in [1.807, 2.05) is 54.6 Å². The first kappa shape index (κ1) is 22.0. The van der Waals surface area contributed by atoms with Gasteiger partial charge >= 0.3 is 0 Å². The van der Waals surface area contributed by atoms with Crippen LogP contribution >= 0.6 is 0 Å². The van der Waals surface area contributed by atoms with E-state index in [2.05, 4.69) is 10.3 Å². The van der Waals surface area contributed by atoms with E-state index < -0.39 is 23.3 Å². The second kappa shape index (κ2) is 9.75. The average molecular weight is 394 g/mol. The van der Waals surface area contributed by atoms with Gasteiger partial charge in [-0.2, -0.15) is 0 Å². The van der Waals surface area contributed by atoms with Gasteiger partial charge in [0, 0.05) is 13.0 Å². The summed E-state index contributed by atoms with van der Waals surface area (Å²) in [6.45, 7) is 3.39. The van der Waals surface area contributed by atoms with Gasteiger partial charge in [-0.05, 0) is 30.5 Å². The van der Waals surface area contributed by atoms with Crippen LogP contribution in [0.2, 0.25) is 0 Å². The number of nitrogens with zero attached hydrogens (tertiary/aromatic N) is 1. The molecule has 2 aromatic rings. The summed E-state index contributed by atoms with van der Waals surface area (Å²) >= 11 is 0. The Kier molecular flexibility index (Phi) is 7.39. The van der Waals surface area contributed by atoms with Crippen molar-refractivity contribution in [1.29, 1.82) is 0 Å². The first-order chi connectivity index (χ1) is 13.7. The molecule has 0 aliphatic carbocycles. The number of benzene rings is 2. The molecule has 152 valence electrons. The quantitative estimate of drug-likeness (QED) is 0.583. The molecule has 0 aliphatic rings. The number of hydrogen-bond donors (Lipinski definition) is 3. The third-order valence-electron chi connectivity index (χ3n) is 4.39. The summed E-state index contributed by atoms with van der Waals surface area (Å²) in [5.74, 6) is -1.75. The van der Waals surface area contributed by atoms with Crippen molar-refractivity contribution in [3.8, 4) is 0 Å². The second-order valence-corrected chi connectivity index (χ2v) is 7.26. The molecule has 29 heavy (non-hydrogen) atoms. The Hall–Kier alpha value is -3.32. The molecule has 5 N–H and O–H groups in total. The van der Waals surface area contributed by atoms with Crippen LogP contribution in [0.1, 0.15) is 30.5 Å². The fourth-order valence-electron chi connectivity index (χ4n) is 2.54. The minimum Gasteiger partial charge on any atom is -0.368 e. The predicted octanol–water partition coefficient (Wildman–Crippen LogP) is 1.28. The predicted molar refractivity (Wildman–Crippen MR) is 112 cm³/mol. The van der Waals surface area contributed by atoms with Crippen molar-refractivity contribution in [1.82, 2.24) is 5.32 Å². The third kappa shape index (κ3) is 6.65. The van der Waals surface area contributed by atoms with Crippen LogP contribution in [0.3, 0.4) is 0 Å². The summed E-state index contributed by atoms with van der Waals surface area (Å²) in [7, 11) is 0. The molecule has 2 aromatic carbocycles. The van der Waals surface area contributed by atoms with Crippen LogP contribution in [-0.2, 0) is 33.8 Å². The van der Waals surface area contributed by atoms with Crippen LogP contribution in [0, 0.1) is 0 Å². The minimum absolute atomic E-state index is 0.0146. The molecule has 2 rings (SSSR count). The summed E-state index contributed by atoms with van der Waals surface area (Å²) < 4.78 is 0. The van der Waals surface area contributed by atoms with Crippen molar-refractivity contribution in [2.75, 3.05) is 0 Å². The van der Waals surface area contributed by atoms with Gasteiger partial charge < -0.3 is 16.8 Å². The first-order valence-electron chi connectivity index (χ1n) is 9.26. The Morgan fingerprint density at radius 2 is 1.45 bits per heavy atom. The molecule has 0 bridgehead atoms. The molecule has 0 spiro atoms. The molecule has 0 atom stereocenters. The Morgan fingerprint density at radius 3 is 2.00 bits per heavy atom. The average Bonchev–Trinajstić information content (AvgIpc) is 2.68. The Morgan fingerprint density at radius 1 is 0.897 bits per heavy atom. The van der Waals surface area contributed by atoms with Gasteiger partial charge in [0.2, 0.25) is 5.91 Å². The molecule has 0 aromatic heterocycles. The van der Waals surface area contributed by atoms with Crippen molar-refractivity contribution in [2.45, 2.75) is 38.8 Å². The van der Waals surface area contributed by atoms with Gasteiger partial charge in [0.15, 0.2) is 0 Å². The van der Waals surface area contributed by atoms with Crippen molar-refractivity contribution in [3.63, 3.8) is 0 Å². The number of nitrogens with one attached hydrogen (secondary N) is 1. The molecule has 0 aliphatic heterocycles. The highest BCUT2D eigenvalue weighted by Crippen LogP contribution is 2.09. The van der Waals surface area contributed by atoms with Crippen molar-refractivity contribution >= 4 is 23.4 Å². The lowest BCUT2D eigenvalue weighted by Gasteiger charge is -2.22. The normalized spacial score (nSPS) is 11.8. The molecule has 7 heteroatoms. The summed E-state index contributed by atoms with van der Waals surface area (Å²) in [6.07, 6.45) is 0.203. The molecule has 7 nitrogen and oxygen atoms in total. The second-order valence-electron chi connectivity index (χ2n) is 7.26. The van der Waals surface area contributed by atoms with E-state index in [0.29, 0.717) is 6.54 Å². The van der Waals surface area contributed by atoms with E-state index >= 15 is 0 Å². The maximum Gasteiger partial charge on any atom is 0.266 e. The smallest absolute Gasteiger partial charge is 0.266 e. The van der Waals surface area contributed by atoms with Gasteiger partial charge in [0.1, 0.15) is 11.3 Å². The van der Waals surface area contributed by atoms with Crippen molar-refractivity contribution < 1.29 is 14.4 Å². The number of amides is 3. The van der Waals surface area contributed by atoms with E-state index in [4.69, 9.17) is 11.5 Å². The highest BCUT2D eigenvalue weighted by molar-refractivity contribution is 6.41. The zero-order valence-corrected chi connectivity index (χ0v) is 16.6. The van der Waals surface area contributed by atoms with E-state index in [9.17, 15) is 14.4 Å². The SMILES string of the molecule is CC(C)(NC(=O)/C(Cc1ccc(CN)cc1)=N\C(=O)Cc1ccccc1)C(N)=O. The monoisotopic (exact) mass is 394 g/mol. The molecular formula is C22H26N4O3. The lowest BCUT2D eigenvalue weighted by atomic mass is 10.0. The zero-order chi connectivity index (χ0) is 21.4. The van der Waals surface area contributed by atoms with E-state index in [1.54, 1.807) is 0 Å². The summed E-state index contributed by atoms with van der Waals surface area (Å²) in [5.41, 5.74) is 12.2. The van der Waals surface area contributed by atoms with Crippen LogP contribution < -0.4 is 16.8 Å². The molecular weight excluding hydrogens is 368 g/mol. The number of rotatable bonds is 8. The van der Waals surface area contributed by atoms with Crippen LogP contribution in [0.25, 0.3) is 0 Å². The molecule has 0 unspecified atom stereocenters. The van der Waals surface area contributed by atoms with Gasteiger partial charge in [0.05, 0.1) is 6.42 Å². The lowest BCUT2D eigenvalue weighted by Crippen LogP contribution is -2.55. The van der Waals surface area contributed by atoms with Crippen LogP contribution in [0.15, 0.2) is 59.6 Å². The summed E-state index contributed by atoms with van der Waals surface area (Å²) in [4.78, 5) is 40.8. The number of nitrogens with two attached hydrogens (primary N) is 2. The van der Waals surface area contributed by atoms with Crippen molar-refractivity contribution in [2.24, 2.45) is 16.5 Å². The lowest BCUT2D eigenvalue weighted by molar-refractivity contribution is -0.127. The fourth-order valence-corrected chi connectivity index (χ4v) is 2.54. The Balaban J connectivity index is 2.26. The topological polar surface area (TPSA) is 128 Å². The maximum atomic E-state index is 12.8. The van der Waals surface area contributed by atoms with Gasteiger partial charge in [0.25, 0.3) is 11.8 Å². The van der Waals surface area contributed by atoms with Crippen LogP contribution in [0.5, 0.6) is 0 Å². The van der Waals surface area contributed by atoms with Gasteiger partial charge in [-0.15, -0.1) is 0 Å². The van der Waals surface area contributed by atoms with E-state index in [-0.39, 0.29) is 18.6 Å². The summed E-state index contributed by atoms with van der Waals surface area (Å²) in [5, 5.41) is 2.55. The maximum absolute atomic E-state index is 12.8. The van der Waals surface area contributed by atoms with Crippen LogP contribution in [0.4, 0.5) is 0 Å². The highest BCUT2D eigenvalue weighted by Gasteiger charge is 2.29. The Bertz CT molecular complexity index is 903. The Labute approximate surface area is 170 Å². The van der Waals surface area contributed by atoms with E-state index in [1.165, 1.54) is 13.8 Å². The standard InChI is InChI=1S/C22H26N4O3/c1-22(2,21(24)29)26-20(28)18(12-16-8-10-17(14-23)11-9-16)25-19(27)13-15-6-4-3-5-7-15/h3-11H,12-14,23H2,1-2H3,(H2,24,29)(H,26,28)/b25-18-. The van der Waals surface area contributed by atoms with Gasteiger partial charge in [-0.1, -0.05) is 54.6 Å².